The first-order valence-corrected chi connectivity index (χ1v) is 7.42. The van der Waals surface area contributed by atoms with Gasteiger partial charge in [-0.1, -0.05) is 0 Å². The summed E-state index contributed by atoms with van der Waals surface area (Å²) in [5.74, 6) is 1.07. The lowest BCUT2D eigenvalue weighted by Gasteiger charge is -2.36. The zero-order valence-corrected chi connectivity index (χ0v) is 12.7. The second-order valence-electron chi connectivity index (χ2n) is 5.76. The van der Waals surface area contributed by atoms with Crippen molar-refractivity contribution in [2.24, 2.45) is 7.05 Å². The molecular formula is C14H23N5O2. The van der Waals surface area contributed by atoms with Crippen molar-refractivity contribution in [2.45, 2.75) is 12.6 Å². The van der Waals surface area contributed by atoms with Crippen LogP contribution in [0.5, 0.6) is 0 Å². The van der Waals surface area contributed by atoms with Crippen molar-refractivity contribution in [3.05, 3.63) is 18.2 Å². The smallest absolute Gasteiger partial charge is 0.320 e. The molecule has 2 aliphatic heterocycles. The van der Waals surface area contributed by atoms with Crippen LogP contribution in [0.2, 0.25) is 0 Å². The SMILES string of the molecule is COCCN1C[C@H]2CN(Cc3nccn3C)CCN2C1=O. The normalized spacial score (nSPS) is 23.0. The first-order valence-electron chi connectivity index (χ1n) is 7.42. The van der Waals surface area contributed by atoms with Crippen molar-refractivity contribution >= 4 is 6.03 Å². The summed E-state index contributed by atoms with van der Waals surface area (Å²) in [5.41, 5.74) is 0. The van der Waals surface area contributed by atoms with Crippen molar-refractivity contribution in [2.75, 3.05) is 46.4 Å². The van der Waals surface area contributed by atoms with Gasteiger partial charge in [-0.25, -0.2) is 9.78 Å². The Morgan fingerprint density at radius 3 is 2.95 bits per heavy atom. The number of rotatable bonds is 5. The first-order chi connectivity index (χ1) is 10.2. The highest BCUT2D eigenvalue weighted by Gasteiger charge is 2.40. The van der Waals surface area contributed by atoms with Gasteiger partial charge < -0.3 is 19.1 Å². The Hall–Kier alpha value is -1.60. The van der Waals surface area contributed by atoms with Crippen molar-refractivity contribution in [3.8, 4) is 0 Å². The Bertz CT molecular complexity index is 503. The summed E-state index contributed by atoms with van der Waals surface area (Å²) in [7, 11) is 3.69. The predicted octanol–water partition coefficient (Wildman–Crippen LogP) is -0.0117. The maximum absolute atomic E-state index is 12.3. The minimum atomic E-state index is 0.161. The molecule has 1 aromatic heterocycles. The van der Waals surface area contributed by atoms with Crippen molar-refractivity contribution in [1.29, 1.82) is 0 Å². The topological polar surface area (TPSA) is 53.8 Å². The zero-order chi connectivity index (χ0) is 14.8. The van der Waals surface area contributed by atoms with Crippen LogP contribution in [0.15, 0.2) is 12.4 Å². The van der Waals surface area contributed by atoms with Crippen LogP contribution in [0.4, 0.5) is 4.79 Å². The minimum absolute atomic E-state index is 0.161. The second-order valence-corrected chi connectivity index (χ2v) is 5.76. The third-order valence-electron chi connectivity index (χ3n) is 4.37. The molecule has 0 saturated carbocycles. The van der Waals surface area contributed by atoms with Gasteiger partial charge in [0.25, 0.3) is 0 Å². The number of ether oxygens (including phenoxy) is 1. The van der Waals surface area contributed by atoms with Gasteiger partial charge in [-0.05, 0) is 0 Å². The van der Waals surface area contributed by atoms with E-state index >= 15 is 0 Å². The molecule has 2 saturated heterocycles. The summed E-state index contributed by atoms with van der Waals surface area (Å²) in [6, 6.07) is 0.456. The number of imidazole rings is 1. The summed E-state index contributed by atoms with van der Waals surface area (Å²) in [6.45, 7) is 5.57. The average molecular weight is 293 g/mol. The van der Waals surface area contributed by atoms with Crippen LogP contribution in [0, 0.1) is 0 Å². The van der Waals surface area contributed by atoms with Gasteiger partial charge in [0.2, 0.25) is 0 Å². The van der Waals surface area contributed by atoms with E-state index in [0.29, 0.717) is 19.2 Å². The second kappa shape index (κ2) is 6.03. The molecule has 0 unspecified atom stereocenters. The number of hydrogen-bond donors (Lipinski definition) is 0. The number of carbonyl (C=O) groups excluding carboxylic acids is 1. The van der Waals surface area contributed by atoms with Crippen LogP contribution in [0.25, 0.3) is 0 Å². The van der Waals surface area contributed by atoms with E-state index in [1.54, 1.807) is 7.11 Å². The van der Waals surface area contributed by atoms with E-state index in [1.807, 2.05) is 29.2 Å². The van der Waals surface area contributed by atoms with E-state index in [2.05, 4.69) is 14.5 Å². The van der Waals surface area contributed by atoms with Crippen LogP contribution in [-0.2, 0) is 18.3 Å². The number of aromatic nitrogens is 2. The number of carbonyl (C=O) groups is 1. The van der Waals surface area contributed by atoms with E-state index in [9.17, 15) is 4.79 Å². The van der Waals surface area contributed by atoms with Crippen LogP contribution >= 0.6 is 0 Å². The molecule has 2 fully saturated rings. The highest BCUT2D eigenvalue weighted by atomic mass is 16.5. The van der Waals surface area contributed by atoms with Crippen LogP contribution in [0.1, 0.15) is 5.82 Å². The monoisotopic (exact) mass is 293 g/mol. The van der Waals surface area contributed by atoms with E-state index in [1.165, 1.54) is 0 Å². The summed E-state index contributed by atoms with van der Waals surface area (Å²) in [5, 5.41) is 0. The lowest BCUT2D eigenvalue weighted by atomic mass is 10.2. The van der Waals surface area contributed by atoms with E-state index in [-0.39, 0.29) is 6.03 Å². The molecule has 21 heavy (non-hydrogen) atoms. The summed E-state index contributed by atoms with van der Waals surface area (Å²) >= 11 is 0. The van der Waals surface area contributed by atoms with Crippen molar-refractivity contribution in [1.82, 2.24) is 24.3 Å². The maximum Gasteiger partial charge on any atom is 0.320 e. The van der Waals surface area contributed by atoms with E-state index in [0.717, 1.165) is 38.5 Å². The third kappa shape index (κ3) is 2.89. The molecule has 0 spiro atoms. The fourth-order valence-corrected chi connectivity index (χ4v) is 3.12. The Labute approximate surface area is 125 Å². The van der Waals surface area contributed by atoms with Gasteiger partial charge >= 0.3 is 6.03 Å². The first kappa shape index (κ1) is 14.3. The van der Waals surface area contributed by atoms with Gasteiger partial charge in [-0.15, -0.1) is 0 Å². The number of piperazine rings is 1. The third-order valence-corrected chi connectivity index (χ3v) is 4.37. The van der Waals surface area contributed by atoms with Gasteiger partial charge in [0.1, 0.15) is 5.82 Å². The molecule has 7 heteroatoms. The van der Waals surface area contributed by atoms with Crippen LogP contribution < -0.4 is 0 Å². The van der Waals surface area contributed by atoms with Gasteiger partial charge in [0.15, 0.2) is 0 Å². The molecule has 7 nitrogen and oxygen atoms in total. The zero-order valence-electron chi connectivity index (χ0n) is 12.7. The number of nitrogens with zero attached hydrogens (tertiary/aromatic N) is 5. The number of fused-ring (bicyclic) bond motifs is 1. The summed E-state index contributed by atoms with van der Waals surface area (Å²) < 4.78 is 7.13. The quantitative estimate of drug-likeness (QED) is 0.766. The molecule has 0 N–H and O–H groups in total. The van der Waals surface area contributed by atoms with Gasteiger partial charge in [-0.2, -0.15) is 0 Å². The average Bonchev–Trinajstić information content (AvgIpc) is 3.01. The molecule has 2 aliphatic rings. The predicted molar refractivity (Wildman–Crippen MR) is 77.8 cm³/mol. The highest BCUT2D eigenvalue weighted by molar-refractivity contribution is 5.77. The molecule has 3 heterocycles. The minimum Gasteiger partial charge on any atom is -0.383 e. The summed E-state index contributed by atoms with van der Waals surface area (Å²) in [4.78, 5) is 23.0. The molecule has 1 atom stereocenters. The van der Waals surface area contributed by atoms with Gasteiger partial charge in [0, 0.05) is 59.3 Å². The van der Waals surface area contributed by atoms with Crippen LogP contribution in [-0.4, -0.2) is 82.8 Å². The van der Waals surface area contributed by atoms with E-state index < -0.39 is 0 Å². The Morgan fingerprint density at radius 1 is 1.38 bits per heavy atom. The molecule has 0 bridgehead atoms. The Balaban J connectivity index is 1.58. The molecule has 0 aliphatic carbocycles. The lowest BCUT2D eigenvalue weighted by Crippen LogP contribution is -2.51. The molecule has 1 aromatic rings. The van der Waals surface area contributed by atoms with E-state index in [4.69, 9.17) is 4.74 Å². The number of hydrogen-bond acceptors (Lipinski definition) is 4. The number of urea groups is 1. The maximum atomic E-state index is 12.3. The highest BCUT2D eigenvalue weighted by Crippen LogP contribution is 2.21. The fraction of sp³-hybridized carbons (Fsp3) is 0.714. The number of methoxy groups -OCH3 is 1. The number of aryl methyl sites for hydroxylation is 1. The van der Waals surface area contributed by atoms with Gasteiger partial charge in [-0.3, -0.25) is 4.90 Å². The largest absolute Gasteiger partial charge is 0.383 e. The van der Waals surface area contributed by atoms with Crippen molar-refractivity contribution in [3.63, 3.8) is 0 Å². The summed E-state index contributed by atoms with van der Waals surface area (Å²) in [6.07, 6.45) is 3.80. The van der Waals surface area contributed by atoms with Crippen LogP contribution in [0.3, 0.4) is 0 Å². The molecular weight excluding hydrogens is 270 g/mol. The standard InChI is InChI=1S/C14H23N5O2/c1-16-4-3-15-13(16)11-17-5-6-19-12(9-17)10-18(14(19)20)7-8-21-2/h3-4,12H,5-11H2,1-2H3/t12-/m1/s1. The molecule has 116 valence electrons. The molecule has 0 radical (unpaired) electrons. The Morgan fingerprint density at radius 2 is 2.24 bits per heavy atom. The lowest BCUT2D eigenvalue weighted by molar-refractivity contribution is 0.113. The van der Waals surface area contributed by atoms with Crippen molar-refractivity contribution < 1.29 is 9.53 Å². The molecule has 2 amide bonds. The fourth-order valence-electron chi connectivity index (χ4n) is 3.12. The number of amides is 2. The van der Waals surface area contributed by atoms with Gasteiger partial charge in [0.05, 0.1) is 19.2 Å². The molecule has 0 aromatic carbocycles. The Kier molecular flexibility index (Phi) is 4.12. The molecule has 3 rings (SSSR count).